The third-order valence-corrected chi connectivity index (χ3v) is 2.93. The molecule has 0 saturated heterocycles. The summed E-state index contributed by atoms with van der Waals surface area (Å²) in [4.78, 5) is 22.2. The number of carbonyl (C=O) groups excluding carboxylic acids is 1. The van der Waals surface area contributed by atoms with Gasteiger partial charge in [0.2, 0.25) is 5.91 Å². The summed E-state index contributed by atoms with van der Waals surface area (Å²) in [6.45, 7) is 2.10. The minimum Gasteiger partial charge on any atom is -0.481 e. The monoisotopic (exact) mass is 294 g/mol. The normalized spacial score (nSPS) is 10.3. The molecule has 0 aliphatic carbocycles. The molecule has 1 amide bonds. The maximum atomic E-state index is 11.5. The van der Waals surface area contributed by atoms with Crippen LogP contribution in [0.5, 0.6) is 0 Å². The van der Waals surface area contributed by atoms with Crippen molar-refractivity contribution < 1.29 is 19.4 Å². The van der Waals surface area contributed by atoms with Crippen LogP contribution >= 0.6 is 0 Å². The number of hydrogen-bond donors (Lipinski definition) is 3. The molecule has 6 nitrogen and oxygen atoms in total. The zero-order chi connectivity index (χ0) is 15.5. The topological polar surface area (TPSA) is 87.7 Å². The molecular formula is C15H22N2O4. The summed E-state index contributed by atoms with van der Waals surface area (Å²) in [7, 11) is 1.59. The maximum Gasteiger partial charge on any atom is 0.307 e. The number of methoxy groups -OCH3 is 1. The Labute approximate surface area is 124 Å². The molecule has 6 heteroatoms. The average molecular weight is 294 g/mol. The Morgan fingerprint density at radius 2 is 1.90 bits per heavy atom. The summed E-state index contributed by atoms with van der Waals surface area (Å²) in [5, 5.41) is 14.7. The van der Waals surface area contributed by atoms with Gasteiger partial charge in [-0.25, -0.2) is 0 Å². The van der Waals surface area contributed by atoms with Gasteiger partial charge in [-0.1, -0.05) is 24.3 Å². The van der Waals surface area contributed by atoms with Crippen molar-refractivity contribution in [2.75, 3.05) is 26.8 Å². The summed E-state index contributed by atoms with van der Waals surface area (Å²) in [6, 6.07) is 7.40. The molecule has 0 radical (unpaired) electrons. The Kier molecular flexibility index (Phi) is 8.08. The van der Waals surface area contributed by atoms with E-state index in [9.17, 15) is 9.59 Å². The quantitative estimate of drug-likeness (QED) is 0.549. The SMILES string of the molecule is COCCNC(=O)CCNCc1ccccc1CC(=O)O. The number of carboxylic acids is 1. The van der Waals surface area contributed by atoms with Gasteiger partial charge in [-0.05, 0) is 11.1 Å². The predicted octanol–water partition coefficient (Wildman–Crippen LogP) is 0.556. The van der Waals surface area contributed by atoms with Crippen LogP contribution in [0.1, 0.15) is 17.5 Å². The highest BCUT2D eigenvalue weighted by Gasteiger charge is 2.06. The van der Waals surface area contributed by atoms with Crippen LogP contribution in [0.3, 0.4) is 0 Å². The summed E-state index contributed by atoms with van der Waals surface area (Å²) in [5.41, 5.74) is 1.74. The van der Waals surface area contributed by atoms with Gasteiger partial charge in [0.05, 0.1) is 13.0 Å². The molecule has 0 unspecified atom stereocenters. The molecular weight excluding hydrogens is 272 g/mol. The van der Waals surface area contributed by atoms with Gasteiger partial charge in [-0.2, -0.15) is 0 Å². The molecule has 1 aromatic rings. The molecule has 0 bridgehead atoms. The molecule has 3 N–H and O–H groups in total. The maximum absolute atomic E-state index is 11.5. The van der Waals surface area contributed by atoms with Crippen molar-refractivity contribution in [3.63, 3.8) is 0 Å². The minimum absolute atomic E-state index is 0.00928. The highest BCUT2D eigenvalue weighted by molar-refractivity contribution is 5.76. The number of carbonyl (C=O) groups is 2. The third kappa shape index (κ3) is 7.43. The van der Waals surface area contributed by atoms with Gasteiger partial charge in [0.1, 0.15) is 0 Å². The fourth-order valence-corrected chi connectivity index (χ4v) is 1.87. The first-order chi connectivity index (χ1) is 10.1. The second-order valence-corrected chi connectivity index (χ2v) is 4.61. The fraction of sp³-hybridized carbons (Fsp3) is 0.467. The van der Waals surface area contributed by atoms with E-state index in [2.05, 4.69) is 10.6 Å². The lowest BCUT2D eigenvalue weighted by Gasteiger charge is -2.09. The molecule has 0 aromatic heterocycles. The number of amides is 1. The second-order valence-electron chi connectivity index (χ2n) is 4.61. The van der Waals surface area contributed by atoms with Crippen LogP contribution in [0.4, 0.5) is 0 Å². The van der Waals surface area contributed by atoms with Gasteiger partial charge < -0.3 is 20.5 Å². The van der Waals surface area contributed by atoms with Crippen LogP contribution in [0.2, 0.25) is 0 Å². The zero-order valence-electron chi connectivity index (χ0n) is 12.2. The van der Waals surface area contributed by atoms with Crippen molar-refractivity contribution >= 4 is 11.9 Å². The number of benzene rings is 1. The second kappa shape index (κ2) is 9.90. The summed E-state index contributed by atoms with van der Waals surface area (Å²) >= 11 is 0. The molecule has 0 fully saturated rings. The van der Waals surface area contributed by atoms with Crippen molar-refractivity contribution in [2.24, 2.45) is 0 Å². The number of hydrogen-bond acceptors (Lipinski definition) is 4. The Bertz CT molecular complexity index is 463. The van der Waals surface area contributed by atoms with E-state index in [1.807, 2.05) is 24.3 Å². The lowest BCUT2D eigenvalue weighted by molar-refractivity contribution is -0.136. The highest BCUT2D eigenvalue weighted by Crippen LogP contribution is 2.09. The molecule has 0 aliphatic heterocycles. The molecule has 1 rings (SSSR count). The van der Waals surface area contributed by atoms with Crippen LogP contribution in [0, 0.1) is 0 Å². The Morgan fingerprint density at radius 1 is 1.19 bits per heavy atom. The summed E-state index contributed by atoms with van der Waals surface area (Å²) in [5.74, 6) is -0.877. The van der Waals surface area contributed by atoms with Gasteiger partial charge in [0.15, 0.2) is 0 Å². The number of ether oxygens (including phenoxy) is 1. The third-order valence-electron chi connectivity index (χ3n) is 2.93. The summed E-state index contributed by atoms with van der Waals surface area (Å²) in [6.07, 6.45) is 0.389. The van der Waals surface area contributed by atoms with Crippen LogP contribution in [0.25, 0.3) is 0 Å². The number of carboxylic acid groups (broad SMARTS) is 1. The van der Waals surface area contributed by atoms with Crippen LogP contribution in [-0.4, -0.2) is 43.8 Å². The van der Waals surface area contributed by atoms with Gasteiger partial charge in [-0.3, -0.25) is 9.59 Å². The zero-order valence-corrected chi connectivity index (χ0v) is 12.2. The molecule has 1 aromatic carbocycles. The predicted molar refractivity (Wildman–Crippen MR) is 79.0 cm³/mol. The van der Waals surface area contributed by atoms with Crippen LogP contribution in [-0.2, 0) is 27.3 Å². The van der Waals surface area contributed by atoms with E-state index >= 15 is 0 Å². The van der Waals surface area contributed by atoms with Crippen molar-refractivity contribution in [1.29, 1.82) is 0 Å². The molecule has 0 aliphatic rings. The van der Waals surface area contributed by atoms with E-state index in [0.29, 0.717) is 32.7 Å². The van der Waals surface area contributed by atoms with E-state index in [1.54, 1.807) is 7.11 Å². The summed E-state index contributed by atoms with van der Waals surface area (Å²) < 4.78 is 4.84. The molecule has 0 spiro atoms. The van der Waals surface area contributed by atoms with Gasteiger partial charge in [0, 0.05) is 33.2 Å². The molecule has 0 saturated carbocycles. The first kappa shape index (κ1) is 17.1. The fourth-order valence-electron chi connectivity index (χ4n) is 1.87. The lowest BCUT2D eigenvalue weighted by Crippen LogP contribution is -2.30. The van der Waals surface area contributed by atoms with Gasteiger partial charge in [-0.15, -0.1) is 0 Å². The molecule has 0 atom stereocenters. The Morgan fingerprint density at radius 3 is 2.57 bits per heavy atom. The standard InChI is InChI=1S/C15H22N2O4/c1-21-9-8-17-14(18)6-7-16-11-13-5-3-2-4-12(13)10-15(19)20/h2-5,16H,6-11H2,1H3,(H,17,18)(H,19,20). The minimum atomic E-state index is -0.847. The van der Waals surface area contributed by atoms with Gasteiger partial charge >= 0.3 is 5.97 Å². The molecule has 21 heavy (non-hydrogen) atoms. The van der Waals surface area contributed by atoms with E-state index in [1.165, 1.54) is 0 Å². The number of rotatable bonds is 10. The van der Waals surface area contributed by atoms with Crippen molar-refractivity contribution in [1.82, 2.24) is 10.6 Å². The van der Waals surface area contributed by atoms with Crippen LogP contribution in [0.15, 0.2) is 24.3 Å². The molecule has 116 valence electrons. The van der Waals surface area contributed by atoms with Gasteiger partial charge in [0.25, 0.3) is 0 Å². The van der Waals surface area contributed by atoms with E-state index in [0.717, 1.165) is 11.1 Å². The largest absolute Gasteiger partial charge is 0.481 e. The van der Waals surface area contributed by atoms with Crippen molar-refractivity contribution in [3.8, 4) is 0 Å². The first-order valence-corrected chi connectivity index (χ1v) is 6.88. The number of nitrogens with one attached hydrogen (secondary N) is 2. The number of aliphatic carboxylic acids is 1. The average Bonchev–Trinajstić information content (AvgIpc) is 2.45. The highest BCUT2D eigenvalue weighted by atomic mass is 16.5. The Hall–Kier alpha value is -1.92. The van der Waals surface area contributed by atoms with E-state index in [4.69, 9.17) is 9.84 Å². The van der Waals surface area contributed by atoms with Crippen molar-refractivity contribution in [3.05, 3.63) is 35.4 Å². The molecule has 0 heterocycles. The Balaban J connectivity index is 2.29. The lowest BCUT2D eigenvalue weighted by atomic mass is 10.0. The van der Waals surface area contributed by atoms with E-state index in [-0.39, 0.29) is 12.3 Å². The smallest absolute Gasteiger partial charge is 0.307 e. The van der Waals surface area contributed by atoms with Crippen molar-refractivity contribution in [2.45, 2.75) is 19.4 Å². The first-order valence-electron chi connectivity index (χ1n) is 6.88. The van der Waals surface area contributed by atoms with E-state index < -0.39 is 5.97 Å². The van der Waals surface area contributed by atoms with Crippen LogP contribution < -0.4 is 10.6 Å².